The lowest BCUT2D eigenvalue weighted by Crippen LogP contribution is -2.06. The van der Waals surface area contributed by atoms with Crippen LogP contribution < -0.4 is 4.74 Å². The van der Waals surface area contributed by atoms with Crippen LogP contribution in [0.1, 0.15) is 28.4 Å². The first-order valence-corrected chi connectivity index (χ1v) is 4.48. The number of carbonyl (C=O) groups is 1. The Morgan fingerprint density at radius 3 is 2.67 bits per heavy atom. The van der Waals surface area contributed by atoms with E-state index >= 15 is 0 Å². The average Bonchev–Trinajstić information content (AvgIpc) is 2.26. The van der Waals surface area contributed by atoms with E-state index in [2.05, 4.69) is 0 Å². The van der Waals surface area contributed by atoms with Gasteiger partial charge in [-0.2, -0.15) is 5.26 Å². The summed E-state index contributed by atoms with van der Waals surface area (Å²) >= 11 is 0. The average molecular weight is 205 g/mol. The molecule has 1 aromatic carbocycles. The molecule has 0 heterocycles. The molecular weight excluding hydrogens is 194 g/mol. The van der Waals surface area contributed by atoms with Crippen molar-refractivity contribution < 1.29 is 14.6 Å². The second-order valence-corrected chi connectivity index (χ2v) is 2.98. The minimum atomic E-state index is -1.08. The topological polar surface area (TPSA) is 70.3 Å². The molecule has 0 unspecified atom stereocenters. The fourth-order valence-electron chi connectivity index (χ4n) is 1.41. The summed E-state index contributed by atoms with van der Waals surface area (Å²) in [5.41, 5.74) is 0.818. The Morgan fingerprint density at radius 1 is 1.60 bits per heavy atom. The largest absolute Gasteiger partial charge is 0.497 e. The maximum Gasteiger partial charge on any atom is 0.337 e. The summed E-state index contributed by atoms with van der Waals surface area (Å²) in [7, 11) is 1.48. The Morgan fingerprint density at radius 2 is 2.27 bits per heavy atom. The van der Waals surface area contributed by atoms with Crippen molar-refractivity contribution in [3.05, 3.63) is 28.8 Å². The van der Waals surface area contributed by atoms with Gasteiger partial charge in [-0.05, 0) is 24.1 Å². The zero-order valence-electron chi connectivity index (χ0n) is 8.57. The number of ether oxygens (including phenoxy) is 1. The lowest BCUT2D eigenvalue weighted by atomic mass is 9.99. The van der Waals surface area contributed by atoms with Crippen LogP contribution in [-0.4, -0.2) is 18.2 Å². The van der Waals surface area contributed by atoms with Gasteiger partial charge < -0.3 is 9.84 Å². The molecule has 0 amide bonds. The second-order valence-electron chi connectivity index (χ2n) is 2.98. The van der Waals surface area contributed by atoms with E-state index < -0.39 is 5.97 Å². The van der Waals surface area contributed by atoms with Crippen molar-refractivity contribution in [2.24, 2.45) is 0 Å². The molecule has 0 spiro atoms. The summed E-state index contributed by atoms with van der Waals surface area (Å²) in [6.07, 6.45) is 0.549. The van der Waals surface area contributed by atoms with Crippen molar-refractivity contribution in [2.75, 3.05) is 7.11 Å². The van der Waals surface area contributed by atoms with Crippen LogP contribution in [0.15, 0.2) is 12.1 Å². The molecule has 0 atom stereocenters. The Bertz CT molecular complexity index is 432. The van der Waals surface area contributed by atoms with Gasteiger partial charge >= 0.3 is 5.97 Å². The SMILES string of the molecule is CCc1cc(OC)cc(C#N)c1C(=O)O. The van der Waals surface area contributed by atoms with Crippen LogP contribution in [0.25, 0.3) is 0 Å². The number of aromatic carboxylic acids is 1. The molecule has 1 rings (SSSR count). The van der Waals surface area contributed by atoms with Crippen LogP contribution in [0.5, 0.6) is 5.75 Å². The Hall–Kier alpha value is -2.02. The summed E-state index contributed by atoms with van der Waals surface area (Å²) < 4.78 is 4.99. The first-order chi connectivity index (χ1) is 7.13. The molecule has 0 saturated heterocycles. The quantitative estimate of drug-likeness (QED) is 0.817. The highest BCUT2D eigenvalue weighted by molar-refractivity contribution is 5.92. The van der Waals surface area contributed by atoms with Gasteiger partial charge in [-0.15, -0.1) is 0 Å². The molecule has 0 bridgehead atoms. The monoisotopic (exact) mass is 205 g/mol. The van der Waals surface area contributed by atoms with Gasteiger partial charge in [0.05, 0.1) is 18.2 Å². The van der Waals surface area contributed by atoms with Crippen molar-refractivity contribution in [1.82, 2.24) is 0 Å². The van der Waals surface area contributed by atoms with Gasteiger partial charge in [0.25, 0.3) is 0 Å². The van der Waals surface area contributed by atoms with Crippen molar-refractivity contribution in [1.29, 1.82) is 5.26 Å². The van der Waals surface area contributed by atoms with Gasteiger partial charge in [0, 0.05) is 0 Å². The van der Waals surface area contributed by atoms with Crippen molar-refractivity contribution >= 4 is 5.97 Å². The number of hydrogen-bond acceptors (Lipinski definition) is 3. The van der Waals surface area contributed by atoms with Crippen LogP contribution in [0.2, 0.25) is 0 Å². The van der Waals surface area contributed by atoms with E-state index in [-0.39, 0.29) is 11.1 Å². The molecule has 0 fully saturated rings. The number of rotatable bonds is 3. The summed E-state index contributed by atoms with van der Waals surface area (Å²) in [4.78, 5) is 11.0. The number of aryl methyl sites for hydroxylation is 1. The third kappa shape index (κ3) is 2.08. The van der Waals surface area contributed by atoms with Crippen LogP contribution in [-0.2, 0) is 6.42 Å². The van der Waals surface area contributed by atoms with Crippen molar-refractivity contribution in [3.8, 4) is 11.8 Å². The Labute approximate surface area is 87.7 Å². The fraction of sp³-hybridized carbons (Fsp3) is 0.273. The zero-order chi connectivity index (χ0) is 11.4. The molecule has 0 aromatic heterocycles. The third-order valence-corrected chi connectivity index (χ3v) is 2.14. The highest BCUT2D eigenvalue weighted by Gasteiger charge is 2.16. The minimum absolute atomic E-state index is 0.0702. The summed E-state index contributed by atoms with van der Waals surface area (Å²) in [6, 6.07) is 4.94. The van der Waals surface area contributed by atoms with Crippen molar-refractivity contribution in [3.63, 3.8) is 0 Å². The number of carboxylic acid groups (broad SMARTS) is 1. The molecule has 0 saturated carbocycles. The number of hydrogen-bond donors (Lipinski definition) is 1. The normalized spacial score (nSPS) is 9.40. The number of nitrogens with zero attached hydrogens (tertiary/aromatic N) is 1. The maximum absolute atomic E-state index is 11.0. The summed E-state index contributed by atoms with van der Waals surface area (Å²) in [5.74, 6) is -0.570. The number of methoxy groups -OCH3 is 1. The van der Waals surface area contributed by atoms with Gasteiger partial charge in [-0.3, -0.25) is 0 Å². The highest BCUT2D eigenvalue weighted by atomic mass is 16.5. The molecule has 4 nitrogen and oxygen atoms in total. The van der Waals surface area contributed by atoms with Crippen LogP contribution in [0, 0.1) is 11.3 Å². The summed E-state index contributed by atoms with van der Waals surface area (Å²) in [6.45, 7) is 1.84. The smallest absolute Gasteiger partial charge is 0.337 e. The predicted molar refractivity (Wildman–Crippen MR) is 54.0 cm³/mol. The van der Waals surface area contributed by atoms with E-state index in [1.54, 1.807) is 6.07 Å². The van der Waals surface area contributed by atoms with Crippen molar-refractivity contribution in [2.45, 2.75) is 13.3 Å². The van der Waals surface area contributed by atoms with Gasteiger partial charge in [0.15, 0.2) is 0 Å². The van der Waals surface area contributed by atoms with E-state index in [9.17, 15) is 4.79 Å². The second kappa shape index (κ2) is 4.47. The van der Waals surface area contributed by atoms with E-state index in [1.807, 2.05) is 13.0 Å². The molecule has 1 aromatic rings. The highest BCUT2D eigenvalue weighted by Crippen LogP contribution is 2.22. The molecule has 4 heteroatoms. The number of carboxylic acids is 1. The first-order valence-electron chi connectivity index (χ1n) is 4.48. The van der Waals surface area contributed by atoms with Crippen LogP contribution >= 0.6 is 0 Å². The Balaban J connectivity index is 3.48. The molecule has 0 aliphatic rings. The van der Waals surface area contributed by atoms with Gasteiger partial charge in [-0.1, -0.05) is 6.92 Å². The lowest BCUT2D eigenvalue weighted by molar-refractivity contribution is 0.0695. The van der Waals surface area contributed by atoms with E-state index in [0.29, 0.717) is 17.7 Å². The van der Waals surface area contributed by atoms with Gasteiger partial charge in [0.1, 0.15) is 11.8 Å². The standard InChI is InChI=1S/C11H11NO3/c1-3-7-4-9(15-2)5-8(6-12)10(7)11(13)14/h4-5H,3H2,1-2H3,(H,13,14). The molecular formula is C11H11NO3. The molecule has 1 N–H and O–H groups in total. The van der Waals surface area contributed by atoms with E-state index in [4.69, 9.17) is 15.1 Å². The molecule has 0 radical (unpaired) electrons. The molecule has 0 aliphatic carbocycles. The number of nitriles is 1. The maximum atomic E-state index is 11.0. The third-order valence-electron chi connectivity index (χ3n) is 2.14. The predicted octanol–water partition coefficient (Wildman–Crippen LogP) is 1.83. The zero-order valence-corrected chi connectivity index (χ0v) is 8.57. The van der Waals surface area contributed by atoms with Crippen LogP contribution in [0.4, 0.5) is 0 Å². The van der Waals surface area contributed by atoms with E-state index in [1.165, 1.54) is 13.2 Å². The van der Waals surface area contributed by atoms with Gasteiger partial charge in [-0.25, -0.2) is 4.79 Å². The van der Waals surface area contributed by atoms with E-state index in [0.717, 1.165) is 0 Å². The lowest BCUT2D eigenvalue weighted by Gasteiger charge is -2.08. The van der Waals surface area contributed by atoms with Gasteiger partial charge in [0.2, 0.25) is 0 Å². The molecule has 78 valence electrons. The Kier molecular flexibility index (Phi) is 3.29. The van der Waals surface area contributed by atoms with Crippen LogP contribution in [0.3, 0.4) is 0 Å². The number of benzene rings is 1. The molecule has 0 aliphatic heterocycles. The minimum Gasteiger partial charge on any atom is -0.497 e. The summed E-state index contributed by atoms with van der Waals surface area (Å²) in [5, 5.41) is 17.8. The molecule has 15 heavy (non-hydrogen) atoms. The first kappa shape index (κ1) is 11.1. The fourth-order valence-corrected chi connectivity index (χ4v) is 1.41.